The molecule has 52 heavy (non-hydrogen) atoms. The Morgan fingerprint density at radius 1 is 0.712 bits per heavy atom. The minimum Gasteiger partial charge on any atom is -0.545 e. The number of carbonyl (C=O) groups is 1. The van der Waals surface area contributed by atoms with E-state index in [1.54, 1.807) is 24.3 Å². The number of nitrogens with zero attached hydrogens (tertiary/aromatic N) is 5. The second kappa shape index (κ2) is 24.1. The molecule has 283 valence electrons. The number of nitriles is 1. The molecule has 0 aliphatic rings. The van der Waals surface area contributed by atoms with Crippen molar-refractivity contribution in [2.24, 2.45) is 10.8 Å². The van der Waals surface area contributed by atoms with Crippen molar-refractivity contribution in [1.29, 1.82) is 5.26 Å². The number of carbonyl (C=O) groups excluding carboxylic acids is 1. The monoisotopic (exact) mass is 779 g/mol. The Balaban J connectivity index is 0.00000119. The molecule has 0 saturated heterocycles. The Kier molecular flexibility index (Phi) is 22.2. The summed E-state index contributed by atoms with van der Waals surface area (Å²) in [6, 6.07) is 28.2. The summed E-state index contributed by atoms with van der Waals surface area (Å²) >= 11 is 0. The van der Waals surface area contributed by atoms with Crippen LogP contribution in [0.4, 0.5) is 11.6 Å². The third kappa shape index (κ3) is 25.7. The van der Waals surface area contributed by atoms with Crippen LogP contribution in [0.1, 0.15) is 75.9 Å². The van der Waals surface area contributed by atoms with Crippen LogP contribution in [0.25, 0.3) is 0 Å². The summed E-state index contributed by atoms with van der Waals surface area (Å²) in [7, 11) is -4.94. The van der Waals surface area contributed by atoms with E-state index in [1.807, 2.05) is 30.5 Å². The number of benzene rings is 1. The molecule has 0 saturated carbocycles. The number of halogens is 1. The summed E-state index contributed by atoms with van der Waals surface area (Å²) in [4.78, 5) is 26.7. The average Bonchev–Trinajstić information content (AvgIpc) is 3.03. The van der Waals surface area contributed by atoms with E-state index in [4.69, 9.17) is 33.9 Å². The number of rotatable bonds is 11. The quantitative estimate of drug-likeness (QED) is 0.208. The number of aromatic nitrogens is 3. The van der Waals surface area contributed by atoms with E-state index in [-0.39, 0.29) is 32.9 Å². The van der Waals surface area contributed by atoms with Gasteiger partial charge in [0.25, 0.3) is 0 Å². The first-order chi connectivity index (χ1) is 23.8. The second-order valence-electron chi connectivity index (χ2n) is 13.6. The predicted molar refractivity (Wildman–Crippen MR) is 184 cm³/mol. The molecule has 2 N–H and O–H groups in total. The van der Waals surface area contributed by atoms with Crippen LogP contribution < -0.4 is 34.4 Å². The molecule has 0 amide bonds. The second-order valence-corrected chi connectivity index (χ2v) is 14.3. The number of anilines is 2. The molecule has 13 nitrogen and oxygen atoms in total. The molecular formula is C37H48ClN7NiO6+. The van der Waals surface area contributed by atoms with Crippen LogP contribution in [-0.4, -0.2) is 38.9 Å². The van der Waals surface area contributed by atoms with Crippen LogP contribution in [0.3, 0.4) is 0 Å². The van der Waals surface area contributed by atoms with Crippen molar-refractivity contribution in [3.63, 3.8) is 0 Å². The van der Waals surface area contributed by atoms with Gasteiger partial charge in [0.15, 0.2) is 0 Å². The van der Waals surface area contributed by atoms with Crippen LogP contribution >= 0.6 is 0 Å². The first-order valence-electron chi connectivity index (χ1n) is 16.0. The van der Waals surface area contributed by atoms with Crippen LogP contribution in [0, 0.1) is 32.4 Å². The van der Waals surface area contributed by atoms with Crippen LogP contribution in [-0.2, 0) is 36.1 Å². The van der Waals surface area contributed by atoms with Gasteiger partial charge in [-0.3, -0.25) is 9.88 Å². The van der Waals surface area contributed by atoms with Crippen molar-refractivity contribution in [1.82, 2.24) is 19.9 Å². The Morgan fingerprint density at radius 2 is 1.10 bits per heavy atom. The van der Waals surface area contributed by atoms with Crippen LogP contribution in [0.5, 0.6) is 0 Å². The van der Waals surface area contributed by atoms with Gasteiger partial charge in [0.2, 0.25) is 0 Å². The fourth-order valence-electron chi connectivity index (χ4n) is 3.96. The number of pyridine rings is 3. The Bertz CT molecular complexity index is 1540. The SMILES string of the molecule is CC#N.CC(C)(C)CNc1cccc(CN(Cc2ccccn2)Cc2cccc(NCC(C)(C)C)n2)n1.O=C([O-])c1ccccc1.[Ni+3].[O-][Cl+3]([O-])([O-])[O-]. The van der Waals surface area contributed by atoms with Gasteiger partial charge in [-0.15, -0.1) is 10.2 Å². The van der Waals surface area contributed by atoms with E-state index in [2.05, 4.69) is 92.4 Å². The van der Waals surface area contributed by atoms with E-state index in [0.717, 1.165) is 48.4 Å². The van der Waals surface area contributed by atoms with Gasteiger partial charge < -0.3 is 20.5 Å². The Hall–Kier alpha value is -4.19. The first-order valence-corrected chi connectivity index (χ1v) is 17.2. The summed E-state index contributed by atoms with van der Waals surface area (Å²) in [6.45, 7) is 18.6. The molecule has 1 radical (unpaired) electrons. The molecule has 0 aliphatic heterocycles. The standard InChI is InChI=1S/C28H40N6.C7H6O2.C2H3N.ClHO4.Ni/c1-27(2,3)20-30-25-14-9-12-23(32-25)18-34(17-22-11-7-8-16-29-22)19-24-13-10-15-26(33-24)31-21-28(4,5)6;8-7(9)6-4-2-1-3-5-6;1-2-3;2-1(3,4)5;/h7-16H,17-21H2,1-6H3,(H,30,32)(H,31,33);1-5H,(H,8,9);1H3;(H,2,3,4,5);/q;;;;+3/p-2. The topological polar surface area (TPSA) is 222 Å². The molecule has 0 unspecified atom stereocenters. The molecule has 3 heterocycles. The van der Waals surface area contributed by atoms with E-state index < -0.39 is 16.2 Å². The molecule has 1 aromatic carbocycles. The fourth-order valence-corrected chi connectivity index (χ4v) is 3.96. The largest absolute Gasteiger partial charge is 3.00 e. The summed E-state index contributed by atoms with van der Waals surface area (Å²) in [5.41, 5.74) is 3.69. The maximum absolute atomic E-state index is 10.1. The molecule has 4 aromatic rings. The normalized spacial score (nSPS) is 10.8. The van der Waals surface area contributed by atoms with Gasteiger partial charge in [-0.1, -0.05) is 90.1 Å². The number of hydrogen-bond acceptors (Lipinski definition) is 13. The van der Waals surface area contributed by atoms with Gasteiger partial charge in [0.05, 0.1) is 29.1 Å². The number of carboxylic acids is 1. The zero-order valence-corrected chi connectivity index (χ0v) is 32.3. The van der Waals surface area contributed by atoms with Gasteiger partial charge in [0.1, 0.15) is 11.6 Å². The van der Waals surface area contributed by atoms with Gasteiger partial charge in [-0.05, 0) is 52.8 Å². The van der Waals surface area contributed by atoms with Gasteiger partial charge >= 0.3 is 16.5 Å². The van der Waals surface area contributed by atoms with E-state index in [0.29, 0.717) is 13.1 Å². The summed E-state index contributed by atoms with van der Waals surface area (Å²) < 4.78 is 34.0. The zero-order chi connectivity index (χ0) is 38.5. The molecule has 0 fully saturated rings. The van der Waals surface area contributed by atoms with E-state index in [1.165, 1.54) is 19.1 Å². The number of nitrogens with one attached hydrogen (secondary N) is 2. The van der Waals surface area contributed by atoms with Crippen molar-refractivity contribution in [2.75, 3.05) is 23.7 Å². The van der Waals surface area contributed by atoms with Crippen LogP contribution in [0.2, 0.25) is 0 Å². The maximum atomic E-state index is 10.1. The van der Waals surface area contributed by atoms with Crippen molar-refractivity contribution in [3.05, 3.63) is 114 Å². The molecule has 0 bridgehead atoms. The van der Waals surface area contributed by atoms with Gasteiger partial charge in [0, 0.05) is 45.8 Å². The van der Waals surface area contributed by atoms with Gasteiger partial charge in [-0.25, -0.2) is 28.6 Å². The van der Waals surface area contributed by atoms with Crippen molar-refractivity contribution < 1.29 is 55.3 Å². The summed E-state index contributed by atoms with van der Waals surface area (Å²) in [6.07, 6.45) is 1.85. The number of carboxylic acid groups (broad SMARTS) is 1. The molecule has 0 spiro atoms. The molecule has 3 aromatic heterocycles. The third-order valence-corrected chi connectivity index (χ3v) is 6.11. The minimum absolute atomic E-state index is 0. The predicted octanol–water partition coefficient (Wildman–Crippen LogP) is 1.81. The molecule has 15 heteroatoms. The zero-order valence-electron chi connectivity index (χ0n) is 30.6. The minimum atomic E-state index is -4.94. The smallest absolute Gasteiger partial charge is 0.545 e. The van der Waals surface area contributed by atoms with Crippen molar-refractivity contribution in [3.8, 4) is 6.07 Å². The maximum Gasteiger partial charge on any atom is 3.00 e. The van der Waals surface area contributed by atoms with Gasteiger partial charge in [-0.2, -0.15) is 5.26 Å². The summed E-state index contributed by atoms with van der Waals surface area (Å²) in [5, 5.41) is 24.3. The molecule has 4 rings (SSSR count). The summed E-state index contributed by atoms with van der Waals surface area (Å²) in [5.74, 6) is 0.698. The van der Waals surface area contributed by atoms with E-state index >= 15 is 0 Å². The Labute approximate surface area is 319 Å². The third-order valence-electron chi connectivity index (χ3n) is 6.11. The molecule has 0 aliphatic carbocycles. The first kappa shape index (κ1) is 47.8. The van der Waals surface area contributed by atoms with E-state index in [9.17, 15) is 9.90 Å². The fraction of sp³-hybridized carbons (Fsp3) is 0.378. The van der Waals surface area contributed by atoms with Crippen molar-refractivity contribution in [2.45, 2.75) is 68.1 Å². The number of aromatic carboxylic acids is 1. The molecular weight excluding hydrogens is 733 g/mol. The molecule has 0 atom stereocenters. The van der Waals surface area contributed by atoms with Crippen molar-refractivity contribution >= 4 is 17.6 Å². The average molecular weight is 781 g/mol. The Morgan fingerprint density at radius 3 is 1.44 bits per heavy atom. The van der Waals surface area contributed by atoms with Crippen LogP contribution in [0.15, 0.2) is 91.1 Å². The number of hydrogen-bond donors (Lipinski definition) is 2.